The summed E-state index contributed by atoms with van der Waals surface area (Å²) in [5, 5.41) is 3.38. The Morgan fingerprint density at radius 1 is 1.77 bits per heavy atom. The maximum absolute atomic E-state index is 11.3. The van der Waals surface area contributed by atoms with Crippen LogP contribution in [-0.4, -0.2) is 40.8 Å². The van der Waals surface area contributed by atoms with Crippen LogP contribution in [0.3, 0.4) is 0 Å². The number of fused-ring (bicyclic) bond motifs is 1. The van der Waals surface area contributed by atoms with Crippen LogP contribution < -0.4 is 0 Å². The molecule has 0 N–H and O–H groups in total. The van der Waals surface area contributed by atoms with Gasteiger partial charge in [-0.15, -0.1) is 0 Å². The van der Waals surface area contributed by atoms with Crippen molar-refractivity contribution in [3.05, 3.63) is 10.4 Å². The van der Waals surface area contributed by atoms with Crippen molar-refractivity contribution < 1.29 is 13.7 Å². The van der Waals surface area contributed by atoms with E-state index in [-0.39, 0.29) is 11.4 Å². The number of azide groups is 1. The molecule has 0 saturated carbocycles. The normalized spacial score (nSPS) is 47.6. The van der Waals surface area contributed by atoms with Crippen molar-refractivity contribution in [3.63, 3.8) is 0 Å². The SMILES string of the molecule is CO[C@H]1O[C@@H]2CS(=O)[C@@H]2[C@@H]1N=[N+]=[N-]. The van der Waals surface area contributed by atoms with Crippen molar-refractivity contribution >= 4 is 10.8 Å². The highest BCUT2D eigenvalue weighted by Crippen LogP contribution is 2.36. The molecule has 13 heavy (non-hydrogen) atoms. The van der Waals surface area contributed by atoms with Gasteiger partial charge in [-0.1, -0.05) is 5.11 Å². The summed E-state index contributed by atoms with van der Waals surface area (Å²) in [7, 11) is 0.563. The Balaban J connectivity index is 2.19. The van der Waals surface area contributed by atoms with Crippen molar-refractivity contribution in [2.24, 2.45) is 5.11 Å². The lowest BCUT2D eigenvalue weighted by atomic mass is 10.2. The first-order valence-corrected chi connectivity index (χ1v) is 5.25. The molecule has 2 heterocycles. The molecule has 2 aliphatic rings. The first-order chi connectivity index (χ1) is 6.27. The second-order valence-corrected chi connectivity index (χ2v) is 4.63. The molecule has 5 atom stereocenters. The Morgan fingerprint density at radius 3 is 3.08 bits per heavy atom. The molecule has 72 valence electrons. The third kappa shape index (κ3) is 1.24. The highest BCUT2D eigenvalue weighted by molar-refractivity contribution is 7.87. The number of hydrogen-bond acceptors (Lipinski definition) is 4. The lowest BCUT2D eigenvalue weighted by Crippen LogP contribution is -2.48. The Hall–Kier alpha value is -0.620. The van der Waals surface area contributed by atoms with Crippen LogP contribution in [0.5, 0.6) is 0 Å². The molecule has 0 aliphatic carbocycles. The minimum Gasteiger partial charge on any atom is -0.355 e. The fourth-order valence-electron chi connectivity index (χ4n) is 1.69. The van der Waals surface area contributed by atoms with Gasteiger partial charge in [0, 0.05) is 22.8 Å². The van der Waals surface area contributed by atoms with E-state index in [0.717, 1.165) is 0 Å². The van der Waals surface area contributed by atoms with Gasteiger partial charge in [0.05, 0.1) is 17.1 Å². The van der Waals surface area contributed by atoms with E-state index in [1.54, 1.807) is 0 Å². The zero-order chi connectivity index (χ0) is 9.42. The van der Waals surface area contributed by atoms with Crippen LogP contribution in [0.25, 0.3) is 10.4 Å². The van der Waals surface area contributed by atoms with E-state index in [1.165, 1.54) is 7.11 Å². The number of hydrogen-bond donors (Lipinski definition) is 0. The van der Waals surface area contributed by atoms with E-state index in [1.807, 2.05) is 0 Å². The van der Waals surface area contributed by atoms with E-state index in [9.17, 15) is 4.21 Å². The van der Waals surface area contributed by atoms with Crippen molar-refractivity contribution in [1.29, 1.82) is 0 Å². The van der Waals surface area contributed by atoms with Gasteiger partial charge in [0.15, 0.2) is 6.29 Å². The van der Waals surface area contributed by atoms with Gasteiger partial charge in [0.2, 0.25) is 0 Å². The van der Waals surface area contributed by atoms with Crippen LogP contribution in [0.4, 0.5) is 0 Å². The second kappa shape index (κ2) is 3.26. The van der Waals surface area contributed by atoms with Gasteiger partial charge >= 0.3 is 0 Å². The Bertz CT molecular complexity index is 291. The summed E-state index contributed by atoms with van der Waals surface area (Å²) in [6.07, 6.45) is -0.585. The molecule has 2 rings (SSSR count). The maximum atomic E-state index is 11.3. The number of ether oxygens (including phenoxy) is 2. The van der Waals surface area contributed by atoms with E-state index in [0.29, 0.717) is 5.75 Å². The summed E-state index contributed by atoms with van der Waals surface area (Å²) in [5.41, 5.74) is 8.30. The molecule has 0 aromatic carbocycles. The molecule has 0 bridgehead atoms. The summed E-state index contributed by atoms with van der Waals surface area (Å²) >= 11 is 0. The molecular weight excluding hydrogens is 194 g/mol. The summed E-state index contributed by atoms with van der Waals surface area (Å²) < 4.78 is 21.6. The zero-order valence-electron chi connectivity index (χ0n) is 6.99. The molecule has 2 aliphatic heterocycles. The molecular formula is C6H9N3O3S. The molecule has 6 nitrogen and oxygen atoms in total. The molecule has 0 radical (unpaired) electrons. The van der Waals surface area contributed by atoms with E-state index in [4.69, 9.17) is 15.0 Å². The smallest absolute Gasteiger partial charge is 0.167 e. The predicted octanol–water partition coefficient (Wildman–Crippen LogP) is 0.167. The molecule has 0 aromatic rings. The molecule has 0 spiro atoms. The third-order valence-corrected chi connectivity index (χ3v) is 4.19. The Morgan fingerprint density at radius 2 is 2.54 bits per heavy atom. The third-order valence-electron chi connectivity index (χ3n) is 2.34. The fourth-order valence-corrected chi connectivity index (χ4v) is 3.16. The molecule has 2 saturated heterocycles. The summed E-state index contributed by atoms with van der Waals surface area (Å²) in [4.78, 5) is 2.70. The lowest BCUT2D eigenvalue weighted by molar-refractivity contribution is -0.115. The number of nitrogens with zero attached hydrogens (tertiary/aromatic N) is 3. The average molecular weight is 203 g/mol. The topological polar surface area (TPSA) is 84.3 Å². The van der Waals surface area contributed by atoms with Crippen molar-refractivity contribution in [2.75, 3.05) is 12.9 Å². The quantitative estimate of drug-likeness (QED) is 0.364. The predicted molar refractivity (Wildman–Crippen MR) is 45.4 cm³/mol. The van der Waals surface area contributed by atoms with Crippen molar-refractivity contribution in [3.8, 4) is 0 Å². The number of rotatable bonds is 2. The fraction of sp³-hybridized carbons (Fsp3) is 1.00. The summed E-state index contributed by atoms with van der Waals surface area (Å²) in [5.74, 6) is 0.530. The Kier molecular flexibility index (Phi) is 2.25. The van der Waals surface area contributed by atoms with Crippen LogP contribution >= 0.6 is 0 Å². The largest absolute Gasteiger partial charge is 0.355 e. The highest BCUT2D eigenvalue weighted by atomic mass is 32.2. The minimum absolute atomic E-state index is 0.0544. The highest BCUT2D eigenvalue weighted by Gasteiger charge is 2.54. The molecule has 2 fully saturated rings. The molecule has 1 unspecified atom stereocenters. The van der Waals surface area contributed by atoms with Gasteiger partial charge in [0.1, 0.15) is 6.04 Å². The van der Waals surface area contributed by atoms with E-state index >= 15 is 0 Å². The number of methoxy groups -OCH3 is 1. The lowest BCUT2D eigenvalue weighted by Gasteiger charge is -2.28. The van der Waals surface area contributed by atoms with Crippen LogP contribution in [-0.2, 0) is 20.3 Å². The van der Waals surface area contributed by atoms with Gasteiger partial charge in [-0.2, -0.15) is 0 Å². The van der Waals surface area contributed by atoms with Gasteiger partial charge in [-0.3, -0.25) is 4.21 Å². The first kappa shape index (κ1) is 8.96. The van der Waals surface area contributed by atoms with Gasteiger partial charge in [0.25, 0.3) is 0 Å². The monoisotopic (exact) mass is 203 g/mol. The van der Waals surface area contributed by atoms with E-state index in [2.05, 4.69) is 10.0 Å². The zero-order valence-corrected chi connectivity index (χ0v) is 7.81. The van der Waals surface area contributed by atoms with Crippen LogP contribution in [0.1, 0.15) is 0 Å². The maximum Gasteiger partial charge on any atom is 0.167 e. The molecule has 0 aromatic heterocycles. The van der Waals surface area contributed by atoms with E-state index < -0.39 is 23.1 Å². The van der Waals surface area contributed by atoms with Crippen LogP contribution in [0.2, 0.25) is 0 Å². The average Bonchev–Trinajstić information content (AvgIpc) is 2.38. The van der Waals surface area contributed by atoms with Gasteiger partial charge in [-0.25, -0.2) is 0 Å². The standard InChI is InChI=1S/C6H9N3O3S/c1-11-6-4(8-9-7)5-3(12-6)2-13(5)10/h3-6H,2H2,1H3/t3-,4+,5+,6+,13?/m1/s1. The van der Waals surface area contributed by atoms with Crippen LogP contribution in [0.15, 0.2) is 5.11 Å². The van der Waals surface area contributed by atoms with Gasteiger partial charge in [-0.05, 0) is 5.53 Å². The molecule has 0 amide bonds. The Labute approximate surface area is 77.3 Å². The second-order valence-electron chi connectivity index (χ2n) is 2.99. The van der Waals surface area contributed by atoms with Crippen LogP contribution in [0, 0.1) is 0 Å². The summed E-state index contributed by atoms with van der Waals surface area (Å²) in [6, 6.07) is -0.436. The minimum atomic E-state index is -0.921. The first-order valence-electron chi connectivity index (χ1n) is 3.87. The summed E-state index contributed by atoms with van der Waals surface area (Å²) in [6.45, 7) is 0. The molecule has 7 heteroatoms. The van der Waals surface area contributed by atoms with Crippen molar-refractivity contribution in [2.45, 2.75) is 23.7 Å². The van der Waals surface area contributed by atoms with Gasteiger partial charge < -0.3 is 9.47 Å². The van der Waals surface area contributed by atoms with Crippen molar-refractivity contribution in [1.82, 2.24) is 0 Å².